The summed E-state index contributed by atoms with van der Waals surface area (Å²) in [5.74, 6) is 0.367. The second-order valence-electron chi connectivity index (χ2n) is 5.05. The fourth-order valence-corrected chi connectivity index (χ4v) is 2.60. The third kappa shape index (κ3) is 4.65. The zero-order valence-corrected chi connectivity index (χ0v) is 13.9. The summed E-state index contributed by atoms with van der Waals surface area (Å²) in [7, 11) is 1.75. The number of amides is 1. The fraction of sp³-hybridized carbons (Fsp3) is 0.235. The van der Waals surface area contributed by atoms with Crippen LogP contribution in [0.1, 0.15) is 12.5 Å². The number of halogens is 2. The number of carbonyl (C=O) groups excluding carboxylic acids is 1. The lowest BCUT2D eigenvalue weighted by molar-refractivity contribution is -0.137. The second kappa shape index (κ2) is 7.52. The van der Waals surface area contributed by atoms with Gasteiger partial charge >= 0.3 is 0 Å². The molecule has 1 unspecified atom stereocenters. The lowest BCUT2D eigenvalue weighted by atomic mass is 10.2. The van der Waals surface area contributed by atoms with Gasteiger partial charge in [-0.15, -0.1) is 0 Å². The van der Waals surface area contributed by atoms with E-state index in [1.165, 1.54) is 0 Å². The Labute approximate surface area is 140 Å². The van der Waals surface area contributed by atoms with Crippen molar-refractivity contribution in [3.8, 4) is 5.75 Å². The number of hydrogen-bond acceptors (Lipinski definition) is 2. The first kappa shape index (κ1) is 16.7. The molecular formula is C17H17Cl2NO2. The van der Waals surface area contributed by atoms with E-state index in [4.69, 9.17) is 27.9 Å². The lowest BCUT2D eigenvalue weighted by Gasteiger charge is -2.22. The van der Waals surface area contributed by atoms with Crippen molar-refractivity contribution in [2.24, 2.45) is 0 Å². The smallest absolute Gasteiger partial charge is 0.263 e. The Morgan fingerprint density at radius 1 is 1.14 bits per heavy atom. The molecule has 0 bridgehead atoms. The zero-order valence-electron chi connectivity index (χ0n) is 12.4. The molecule has 0 aliphatic carbocycles. The monoisotopic (exact) mass is 337 g/mol. The summed E-state index contributed by atoms with van der Waals surface area (Å²) < 4.78 is 5.64. The number of benzene rings is 2. The Hall–Kier alpha value is -1.71. The van der Waals surface area contributed by atoms with Crippen LogP contribution in [0.15, 0.2) is 48.5 Å². The molecule has 1 atom stereocenters. The SMILES string of the molecule is CC(Oc1cc(Cl)cc(Cl)c1)C(=O)N(C)Cc1ccccc1. The molecule has 0 radical (unpaired) electrons. The average Bonchev–Trinajstić information content (AvgIpc) is 2.46. The van der Waals surface area contributed by atoms with E-state index in [9.17, 15) is 4.79 Å². The van der Waals surface area contributed by atoms with E-state index < -0.39 is 6.10 Å². The summed E-state index contributed by atoms with van der Waals surface area (Å²) in [5.41, 5.74) is 1.07. The summed E-state index contributed by atoms with van der Waals surface area (Å²) in [6.45, 7) is 2.24. The van der Waals surface area contributed by atoms with E-state index >= 15 is 0 Å². The normalized spacial score (nSPS) is 11.8. The summed E-state index contributed by atoms with van der Waals surface area (Å²) in [4.78, 5) is 14.0. The minimum absolute atomic E-state index is 0.111. The first-order chi connectivity index (χ1) is 10.5. The molecule has 0 N–H and O–H groups in total. The van der Waals surface area contributed by atoms with Crippen LogP contribution < -0.4 is 4.74 Å². The van der Waals surface area contributed by atoms with Crippen molar-refractivity contribution in [2.45, 2.75) is 19.6 Å². The third-order valence-electron chi connectivity index (χ3n) is 3.14. The molecule has 0 spiro atoms. The quantitative estimate of drug-likeness (QED) is 0.808. The van der Waals surface area contributed by atoms with Gasteiger partial charge in [0.1, 0.15) is 5.75 Å². The molecule has 0 aliphatic heterocycles. The number of likely N-dealkylation sites (N-methyl/N-ethyl adjacent to an activating group) is 1. The van der Waals surface area contributed by atoms with E-state index in [0.717, 1.165) is 5.56 Å². The third-order valence-corrected chi connectivity index (χ3v) is 3.57. The highest BCUT2D eigenvalue weighted by molar-refractivity contribution is 6.34. The van der Waals surface area contributed by atoms with Crippen molar-refractivity contribution in [1.29, 1.82) is 0 Å². The molecule has 0 aliphatic rings. The number of rotatable bonds is 5. The largest absolute Gasteiger partial charge is 0.481 e. The van der Waals surface area contributed by atoms with Crippen LogP contribution in [0.3, 0.4) is 0 Å². The van der Waals surface area contributed by atoms with Gasteiger partial charge in [-0.2, -0.15) is 0 Å². The summed E-state index contributed by atoms with van der Waals surface area (Å²) in [6, 6.07) is 14.7. The van der Waals surface area contributed by atoms with Crippen LogP contribution >= 0.6 is 23.2 Å². The summed E-state index contributed by atoms with van der Waals surface area (Å²) >= 11 is 11.8. The molecule has 0 saturated carbocycles. The predicted molar refractivity (Wildman–Crippen MR) is 89.5 cm³/mol. The fourth-order valence-electron chi connectivity index (χ4n) is 2.10. The molecule has 2 aromatic rings. The Balaban J connectivity index is 1.99. The van der Waals surface area contributed by atoms with Crippen LogP contribution in [-0.2, 0) is 11.3 Å². The highest BCUT2D eigenvalue weighted by atomic mass is 35.5. The van der Waals surface area contributed by atoms with Crippen molar-refractivity contribution >= 4 is 29.1 Å². The Morgan fingerprint density at radius 2 is 1.73 bits per heavy atom. The molecule has 2 rings (SSSR count). The molecule has 0 fully saturated rings. The van der Waals surface area contributed by atoms with Gasteiger partial charge in [-0.1, -0.05) is 53.5 Å². The van der Waals surface area contributed by atoms with Crippen LogP contribution in [-0.4, -0.2) is 24.0 Å². The van der Waals surface area contributed by atoms with E-state index in [-0.39, 0.29) is 5.91 Å². The number of hydrogen-bond donors (Lipinski definition) is 0. The van der Waals surface area contributed by atoms with Gasteiger partial charge in [-0.05, 0) is 30.7 Å². The van der Waals surface area contributed by atoms with Gasteiger partial charge in [0.05, 0.1) is 0 Å². The van der Waals surface area contributed by atoms with Crippen LogP contribution in [0.5, 0.6) is 5.75 Å². The standard InChI is InChI=1S/C17H17Cl2NO2/c1-12(22-16-9-14(18)8-15(19)10-16)17(21)20(2)11-13-6-4-3-5-7-13/h3-10,12H,11H2,1-2H3. The molecule has 0 aromatic heterocycles. The maximum Gasteiger partial charge on any atom is 0.263 e. The Morgan fingerprint density at radius 3 is 2.32 bits per heavy atom. The highest BCUT2D eigenvalue weighted by Crippen LogP contribution is 2.25. The molecule has 116 valence electrons. The van der Waals surface area contributed by atoms with Gasteiger partial charge in [0.2, 0.25) is 0 Å². The average molecular weight is 338 g/mol. The van der Waals surface area contributed by atoms with E-state index in [0.29, 0.717) is 22.3 Å². The van der Waals surface area contributed by atoms with Crippen molar-refractivity contribution in [2.75, 3.05) is 7.05 Å². The van der Waals surface area contributed by atoms with Gasteiger partial charge in [0, 0.05) is 23.6 Å². The van der Waals surface area contributed by atoms with Crippen molar-refractivity contribution in [3.63, 3.8) is 0 Å². The summed E-state index contributed by atoms with van der Waals surface area (Å²) in [6.07, 6.45) is -0.622. The summed E-state index contributed by atoms with van der Waals surface area (Å²) in [5, 5.41) is 0.944. The minimum Gasteiger partial charge on any atom is -0.481 e. The van der Waals surface area contributed by atoms with E-state index in [2.05, 4.69) is 0 Å². The number of nitrogens with zero attached hydrogens (tertiary/aromatic N) is 1. The van der Waals surface area contributed by atoms with Gasteiger partial charge in [0.25, 0.3) is 5.91 Å². The number of ether oxygens (including phenoxy) is 1. The van der Waals surface area contributed by atoms with Crippen LogP contribution in [0.4, 0.5) is 0 Å². The first-order valence-corrected chi connectivity index (χ1v) is 7.63. The Kier molecular flexibility index (Phi) is 5.69. The van der Waals surface area contributed by atoms with Crippen LogP contribution in [0, 0.1) is 0 Å². The van der Waals surface area contributed by atoms with Gasteiger partial charge in [-0.25, -0.2) is 0 Å². The maximum atomic E-state index is 12.4. The molecule has 22 heavy (non-hydrogen) atoms. The molecule has 2 aromatic carbocycles. The molecular weight excluding hydrogens is 321 g/mol. The van der Waals surface area contributed by atoms with E-state index in [1.54, 1.807) is 37.1 Å². The number of carbonyl (C=O) groups is 1. The van der Waals surface area contributed by atoms with Gasteiger partial charge in [-0.3, -0.25) is 4.79 Å². The molecule has 0 saturated heterocycles. The molecule has 0 heterocycles. The molecule has 5 heteroatoms. The maximum absolute atomic E-state index is 12.4. The topological polar surface area (TPSA) is 29.5 Å². The second-order valence-corrected chi connectivity index (χ2v) is 5.92. The van der Waals surface area contributed by atoms with Crippen LogP contribution in [0.2, 0.25) is 10.0 Å². The van der Waals surface area contributed by atoms with Crippen molar-refractivity contribution in [3.05, 3.63) is 64.1 Å². The Bertz CT molecular complexity index is 626. The van der Waals surface area contributed by atoms with Crippen LogP contribution in [0.25, 0.3) is 0 Å². The lowest BCUT2D eigenvalue weighted by Crippen LogP contribution is -2.37. The molecule has 1 amide bonds. The minimum atomic E-state index is -0.622. The van der Waals surface area contributed by atoms with E-state index in [1.807, 2.05) is 30.3 Å². The van der Waals surface area contributed by atoms with Gasteiger partial charge < -0.3 is 9.64 Å². The first-order valence-electron chi connectivity index (χ1n) is 6.87. The van der Waals surface area contributed by atoms with Crippen molar-refractivity contribution in [1.82, 2.24) is 4.90 Å². The van der Waals surface area contributed by atoms with Gasteiger partial charge in [0.15, 0.2) is 6.10 Å². The molecule has 3 nitrogen and oxygen atoms in total. The highest BCUT2D eigenvalue weighted by Gasteiger charge is 2.19. The predicted octanol–water partition coefficient (Wildman–Crippen LogP) is 4.42. The zero-order chi connectivity index (χ0) is 16.1. The van der Waals surface area contributed by atoms with Crippen molar-refractivity contribution < 1.29 is 9.53 Å².